The van der Waals surface area contributed by atoms with Gasteiger partial charge in [0.1, 0.15) is 0 Å². The summed E-state index contributed by atoms with van der Waals surface area (Å²) in [6, 6.07) is 0. The van der Waals surface area contributed by atoms with Gasteiger partial charge in [0.05, 0.1) is 6.10 Å². The Morgan fingerprint density at radius 3 is 2.17 bits per heavy atom. The van der Waals surface area contributed by atoms with Gasteiger partial charge < -0.3 is 9.84 Å². The second-order valence-electron chi connectivity index (χ2n) is 2.78. The Hall–Kier alpha value is -0.830. The van der Waals surface area contributed by atoms with Gasteiger partial charge in [-0.15, -0.1) is 0 Å². The lowest BCUT2D eigenvalue weighted by atomic mass is 10.1. The second-order valence-corrected chi connectivity index (χ2v) is 2.78. The lowest BCUT2D eigenvalue weighted by Crippen LogP contribution is -2.25. The molecule has 1 N–H and O–H groups in total. The van der Waals surface area contributed by atoms with Crippen LogP contribution in [0.4, 0.5) is 0 Å². The average Bonchev–Trinajstić information content (AvgIpc) is 1.86. The number of rotatable bonds is 2. The van der Waals surface area contributed by atoms with Gasteiger partial charge in [0.15, 0.2) is 0 Å². The highest BCUT2D eigenvalue weighted by molar-refractivity contribution is 5.84. The SMILES string of the molecule is C=C(C)C(=O)O.CCC1CCO1. The lowest BCUT2D eigenvalue weighted by molar-refractivity contribution is -0.132. The van der Waals surface area contributed by atoms with Gasteiger partial charge in [-0.05, 0) is 19.8 Å². The molecule has 0 saturated carbocycles. The fourth-order valence-corrected chi connectivity index (χ4v) is 0.606. The summed E-state index contributed by atoms with van der Waals surface area (Å²) in [4.78, 5) is 9.60. The molecule has 3 nitrogen and oxygen atoms in total. The van der Waals surface area contributed by atoms with Crippen LogP contribution < -0.4 is 0 Å². The zero-order valence-corrected chi connectivity index (χ0v) is 7.67. The molecule has 1 rings (SSSR count). The Morgan fingerprint density at radius 2 is 2.17 bits per heavy atom. The molecule has 0 spiro atoms. The lowest BCUT2D eigenvalue weighted by Gasteiger charge is -2.24. The first-order valence-electron chi connectivity index (χ1n) is 4.08. The van der Waals surface area contributed by atoms with E-state index in [0.717, 1.165) is 6.61 Å². The molecule has 70 valence electrons. The number of carbonyl (C=O) groups is 1. The molecule has 3 heteroatoms. The molecule has 1 unspecified atom stereocenters. The minimum Gasteiger partial charge on any atom is -0.478 e. The van der Waals surface area contributed by atoms with Crippen molar-refractivity contribution in [2.24, 2.45) is 0 Å². The summed E-state index contributed by atoms with van der Waals surface area (Å²) < 4.78 is 5.08. The minimum atomic E-state index is -0.935. The summed E-state index contributed by atoms with van der Waals surface area (Å²) >= 11 is 0. The van der Waals surface area contributed by atoms with Crippen LogP contribution in [0.5, 0.6) is 0 Å². The van der Waals surface area contributed by atoms with E-state index in [-0.39, 0.29) is 5.57 Å². The van der Waals surface area contributed by atoms with Crippen LogP contribution in [-0.4, -0.2) is 23.8 Å². The molecule has 1 atom stereocenters. The van der Waals surface area contributed by atoms with Crippen LogP contribution >= 0.6 is 0 Å². The number of aliphatic carboxylic acids is 1. The molecule has 0 amide bonds. The minimum absolute atomic E-state index is 0.176. The molecule has 0 aliphatic carbocycles. The molecule has 1 fully saturated rings. The van der Waals surface area contributed by atoms with Gasteiger partial charge >= 0.3 is 5.97 Å². The highest BCUT2D eigenvalue weighted by Crippen LogP contribution is 2.12. The van der Waals surface area contributed by atoms with E-state index in [4.69, 9.17) is 9.84 Å². The van der Waals surface area contributed by atoms with Crippen molar-refractivity contribution in [3.05, 3.63) is 12.2 Å². The van der Waals surface area contributed by atoms with Crippen molar-refractivity contribution in [3.8, 4) is 0 Å². The van der Waals surface area contributed by atoms with E-state index < -0.39 is 5.97 Å². The van der Waals surface area contributed by atoms with E-state index >= 15 is 0 Å². The fourth-order valence-electron chi connectivity index (χ4n) is 0.606. The van der Waals surface area contributed by atoms with E-state index in [1.54, 1.807) is 0 Å². The first kappa shape index (κ1) is 11.2. The Bertz CT molecular complexity index is 144. The van der Waals surface area contributed by atoms with Crippen molar-refractivity contribution >= 4 is 5.97 Å². The van der Waals surface area contributed by atoms with Crippen LogP contribution in [0.25, 0.3) is 0 Å². The molecule has 0 aromatic heterocycles. The summed E-state index contributed by atoms with van der Waals surface area (Å²) in [5.74, 6) is -0.935. The number of carboxylic acid groups (broad SMARTS) is 1. The zero-order valence-electron chi connectivity index (χ0n) is 7.67. The fraction of sp³-hybridized carbons (Fsp3) is 0.667. The Labute approximate surface area is 73.0 Å². The summed E-state index contributed by atoms with van der Waals surface area (Å²) in [7, 11) is 0. The molecule has 1 aliphatic heterocycles. The van der Waals surface area contributed by atoms with Crippen LogP contribution in [0.2, 0.25) is 0 Å². The largest absolute Gasteiger partial charge is 0.478 e. The molecular formula is C9H16O3. The third kappa shape index (κ3) is 4.91. The summed E-state index contributed by atoms with van der Waals surface area (Å²) in [5, 5.41) is 7.89. The molecular weight excluding hydrogens is 156 g/mol. The van der Waals surface area contributed by atoms with Crippen LogP contribution in [0.15, 0.2) is 12.2 Å². The van der Waals surface area contributed by atoms with Gasteiger partial charge in [-0.25, -0.2) is 4.79 Å². The van der Waals surface area contributed by atoms with Gasteiger partial charge in [0.25, 0.3) is 0 Å². The van der Waals surface area contributed by atoms with Gasteiger partial charge in [-0.3, -0.25) is 0 Å². The van der Waals surface area contributed by atoms with Crippen molar-refractivity contribution in [1.82, 2.24) is 0 Å². The Kier molecular flexibility index (Phi) is 5.37. The van der Waals surface area contributed by atoms with E-state index in [9.17, 15) is 4.79 Å². The van der Waals surface area contributed by atoms with E-state index in [0.29, 0.717) is 6.10 Å². The topological polar surface area (TPSA) is 46.5 Å². The number of hydrogen-bond donors (Lipinski definition) is 1. The van der Waals surface area contributed by atoms with Crippen molar-refractivity contribution in [3.63, 3.8) is 0 Å². The smallest absolute Gasteiger partial charge is 0.330 e. The molecule has 0 aromatic rings. The summed E-state index contributed by atoms with van der Waals surface area (Å²) in [5.41, 5.74) is 0.176. The predicted octanol–water partition coefficient (Wildman–Crippen LogP) is 1.83. The Balaban J connectivity index is 0.000000202. The normalized spacial score (nSPS) is 20.0. The first-order chi connectivity index (χ1) is 5.57. The second kappa shape index (κ2) is 5.77. The molecule has 1 heterocycles. The number of carboxylic acids is 1. The van der Waals surface area contributed by atoms with Gasteiger partial charge in [0, 0.05) is 12.2 Å². The molecule has 1 aliphatic rings. The highest BCUT2D eigenvalue weighted by atomic mass is 16.5. The van der Waals surface area contributed by atoms with Crippen molar-refractivity contribution < 1.29 is 14.6 Å². The van der Waals surface area contributed by atoms with Crippen LogP contribution in [0, 0.1) is 0 Å². The number of hydrogen-bond acceptors (Lipinski definition) is 2. The van der Waals surface area contributed by atoms with Crippen molar-refractivity contribution in [2.75, 3.05) is 6.61 Å². The monoisotopic (exact) mass is 172 g/mol. The third-order valence-electron chi connectivity index (χ3n) is 1.61. The van der Waals surface area contributed by atoms with Crippen LogP contribution in [-0.2, 0) is 9.53 Å². The molecule has 12 heavy (non-hydrogen) atoms. The molecule has 0 bridgehead atoms. The molecule has 0 radical (unpaired) electrons. The molecule has 1 saturated heterocycles. The maximum Gasteiger partial charge on any atom is 0.330 e. The van der Waals surface area contributed by atoms with Gasteiger partial charge in [-0.2, -0.15) is 0 Å². The Morgan fingerprint density at radius 1 is 1.75 bits per heavy atom. The van der Waals surface area contributed by atoms with Crippen molar-refractivity contribution in [2.45, 2.75) is 32.8 Å². The van der Waals surface area contributed by atoms with E-state index in [1.807, 2.05) is 0 Å². The first-order valence-corrected chi connectivity index (χ1v) is 4.08. The van der Waals surface area contributed by atoms with Crippen LogP contribution in [0.1, 0.15) is 26.7 Å². The van der Waals surface area contributed by atoms with Gasteiger partial charge in [0.2, 0.25) is 0 Å². The van der Waals surface area contributed by atoms with E-state index in [2.05, 4.69) is 13.5 Å². The van der Waals surface area contributed by atoms with Crippen molar-refractivity contribution in [1.29, 1.82) is 0 Å². The zero-order chi connectivity index (χ0) is 9.56. The highest BCUT2D eigenvalue weighted by Gasteiger charge is 2.13. The van der Waals surface area contributed by atoms with E-state index in [1.165, 1.54) is 19.8 Å². The average molecular weight is 172 g/mol. The van der Waals surface area contributed by atoms with Gasteiger partial charge in [-0.1, -0.05) is 13.5 Å². The van der Waals surface area contributed by atoms with Crippen LogP contribution in [0.3, 0.4) is 0 Å². The maximum absolute atomic E-state index is 9.60. The number of ether oxygens (including phenoxy) is 1. The molecule has 0 aromatic carbocycles. The quantitative estimate of drug-likeness (QED) is 0.646. The maximum atomic E-state index is 9.60. The summed E-state index contributed by atoms with van der Waals surface area (Å²) in [6.45, 7) is 7.76. The predicted molar refractivity (Wildman–Crippen MR) is 47.1 cm³/mol. The summed E-state index contributed by atoms with van der Waals surface area (Å²) in [6.07, 6.45) is 3.10. The third-order valence-corrected chi connectivity index (χ3v) is 1.61. The standard InChI is InChI=1S/C5H10O.C4H6O2/c1-2-5-3-4-6-5;1-3(2)4(5)6/h5H,2-4H2,1H3;1H2,2H3,(H,5,6).